The summed E-state index contributed by atoms with van der Waals surface area (Å²) in [5.41, 5.74) is 2.24. The number of hydrogen-bond acceptors (Lipinski definition) is 3. The second-order valence-corrected chi connectivity index (χ2v) is 5.37. The molecule has 0 saturated carbocycles. The van der Waals surface area contributed by atoms with Crippen molar-refractivity contribution in [1.29, 1.82) is 0 Å². The highest BCUT2D eigenvalue weighted by molar-refractivity contribution is 5.99. The Morgan fingerprint density at radius 1 is 1.19 bits per heavy atom. The number of nitrogens with zero attached hydrogens (tertiary/aromatic N) is 2. The number of carbonyl (C=O) groups excluding carboxylic acids is 3. The fourth-order valence-corrected chi connectivity index (χ4v) is 2.15. The highest BCUT2D eigenvalue weighted by atomic mass is 16.2. The van der Waals surface area contributed by atoms with Crippen molar-refractivity contribution in [3.8, 4) is 0 Å². The van der Waals surface area contributed by atoms with Gasteiger partial charge in [0.05, 0.1) is 6.54 Å². The lowest BCUT2D eigenvalue weighted by molar-refractivity contribution is -0.129. The monoisotopic (exact) mass is 289 g/mol. The van der Waals surface area contributed by atoms with Gasteiger partial charge in [-0.2, -0.15) is 0 Å². The van der Waals surface area contributed by atoms with Gasteiger partial charge in [-0.1, -0.05) is 0 Å². The predicted molar refractivity (Wildman–Crippen MR) is 79.0 cm³/mol. The third kappa shape index (κ3) is 3.39. The molecule has 0 atom stereocenters. The van der Waals surface area contributed by atoms with E-state index in [4.69, 9.17) is 0 Å². The minimum atomic E-state index is -0.204. The number of benzene rings is 1. The lowest BCUT2D eigenvalue weighted by atomic mass is 10.00. The largest absolute Gasteiger partial charge is 0.347 e. The normalized spacial score (nSPS) is 13.2. The molecular formula is C15H19N3O3. The Balaban J connectivity index is 2.13. The maximum Gasteiger partial charge on any atom is 0.254 e. The van der Waals surface area contributed by atoms with Crippen molar-refractivity contribution in [1.82, 2.24) is 9.80 Å². The van der Waals surface area contributed by atoms with E-state index >= 15 is 0 Å². The summed E-state index contributed by atoms with van der Waals surface area (Å²) < 4.78 is 0. The van der Waals surface area contributed by atoms with Crippen LogP contribution in [0.25, 0.3) is 0 Å². The number of aryl methyl sites for hydroxylation is 1. The average molecular weight is 289 g/mol. The van der Waals surface area contributed by atoms with E-state index in [2.05, 4.69) is 5.32 Å². The zero-order valence-corrected chi connectivity index (χ0v) is 12.5. The van der Waals surface area contributed by atoms with Gasteiger partial charge in [0.25, 0.3) is 5.91 Å². The second kappa shape index (κ2) is 5.95. The van der Waals surface area contributed by atoms with E-state index < -0.39 is 0 Å². The Morgan fingerprint density at radius 2 is 1.90 bits per heavy atom. The number of fused-ring (bicyclic) bond motifs is 1. The summed E-state index contributed by atoms with van der Waals surface area (Å²) >= 11 is 0. The van der Waals surface area contributed by atoms with Crippen LogP contribution in [0.1, 0.15) is 22.3 Å². The summed E-state index contributed by atoms with van der Waals surface area (Å²) in [5.74, 6) is -0.337. The van der Waals surface area contributed by atoms with Gasteiger partial charge in [0.2, 0.25) is 11.8 Å². The average Bonchev–Trinajstić information content (AvgIpc) is 2.45. The molecule has 3 amide bonds. The van der Waals surface area contributed by atoms with Gasteiger partial charge >= 0.3 is 0 Å². The molecule has 0 aliphatic carbocycles. The van der Waals surface area contributed by atoms with E-state index in [1.807, 2.05) is 0 Å². The number of carbonyl (C=O) groups is 3. The molecule has 1 N–H and O–H groups in total. The molecule has 6 nitrogen and oxygen atoms in total. The van der Waals surface area contributed by atoms with E-state index in [-0.39, 0.29) is 24.3 Å². The third-order valence-electron chi connectivity index (χ3n) is 3.47. The van der Waals surface area contributed by atoms with Gasteiger partial charge < -0.3 is 15.1 Å². The van der Waals surface area contributed by atoms with Crippen LogP contribution in [0.4, 0.5) is 5.69 Å². The van der Waals surface area contributed by atoms with E-state index in [1.165, 1.54) is 9.80 Å². The molecule has 2 rings (SSSR count). The number of rotatable bonds is 3. The zero-order valence-electron chi connectivity index (χ0n) is 12.5. The molecule has 1 heterocycles. The Bertz CT molecular complexity index is 596. The van der Waals surface area contributed by atoms with E-state index in [0.29, 0.717) is 18.4 Å². The number of likely N-dealkylation sites (N-methyl/N-ethyl adjacent to an activating group) is 2. The molecule has 1 aromatic rings. The molecule has 0 saturated heterocycles. The van der Waals surface area contributed by atoms with Crippen LogP contribution in [0, 0.1) is 0 Å². The van der Waals surface area contributed by atoms with Crippen molar-refractivity contribution >= 4 is 23.4 Å². The van der Waals surface area contributed by atoms with Crippen LogP contribution in [-0.2, 0) is 16.0 Å². The molecule has 112 valence electrons. The Morgan fingerprint density at radius 3 is 2.57 bits per heavy atom. The first-order valence-corrected chi connectivity index (χ1v) is 6.77. The van der Waals surface area contributed by atoms with Crippen molar-refractivity contribution in [2.45, 2.75) is 12.8 Å². The van der Waals surface area contributed by atoms with Gasteiger partial charge in [-0.3, -0.25) is 14.4 Å². The molecule has 0 fully saturated rings. The standard InChI is InChI=1S/C15H19N3O3/c1-17(2)14(20)9-18(3)15(21)11-4-6-12-10(8-11)5-7-13(19)16-12/h4,6,8H,5,7,9H2,1-3H3,(H,16,19). The van der Waals surface area contributed by atoms with Crippen molar-refractivity contribution in [2.75, 3.05) is 33.0 Å². The quantitative estimate of drug-likeness (QED) is 0.892. The van der Waals surface area contributed by atoms with Crippen LogP contribution < -0.4 is 5.32 Å². The number of nitrogens with one attached hydrogen (secondary N) is 1. The molecule has 21 heavy (non-hydrogen) atoms. The van der Waals surface area contributed by atoms with E-state index in [1.54, 1.807) is 39.3 Å². The fraction of sp³-hybridized carbons (Fsp3) is 0.400. The minimum absolute atomic E-state index is 0.00438. The maximum absolute atomic E-state index is 12.3. The summed E-state index contributed by atoms with van der Waals surface area (Å²) in [4.78, 5) is 38.1. The third-order valence-corrected chi connectivity index (χ3v) is 3.47. The molecule has 6 heteroatoms. The lowest BCUT2D eigenvalue weighted by Gasteiger charge is -2.21. The molecule has 0 bridgehead atoms. The number of hydrogen-bond donors (Lipinski definition) is 1. The second-order valence-electron chi connectivity index (χ2n) is 5.37. The molecule has 1 aliphatic heterocycles. The van der Waals surface area contributed by atoms with Crippen LogP contribution in [0.5, 0.6) is 0 Å². The summed E-state index contributed by atoms with van der Waals surface area (Å²) in [5, 5.41) is 2.78. The summed E-state index contributed by atoms with van der Waals surface area (Å²) in [6.07, 6.45) is 1.06. The predicted octanol–water partition coefficient (Wildman–Crippen LogP) is 0.732. The van der Waals surface area contributed by atoms with Crippen molar-refractivity contribution in [2.24, 2.45) is 0 Å². The van der Waals surface area contributed by atoms with Crippen molar-refractivity contribution in [3.63, 3.8) is 0 Å². The van der Waals surface area contributed by atoms with Crippen molar-refractivity contribution < 1.29 is 14.4 Å². The highest BCUT2D eigenvalue weighted by Gasteiger charge is 2.19. The first-order valence-electron chi connectivity index (χ1n) is 6.77. The summed E-state index contributed by atoms with van der Waals surface area (Å²) in [6.45, 7) is 0.0413. The SMILES string of the molecule is CN(C)C(=O)CN(C)C(=O)c1ccc2c(c1)CCC(=O)N2. The van der Waals surface area contributed by atoms with Gasteiger partial charge in [-0.25, -0.2) is 0 Å². The first-order chi connectivity index (χ1) is 9.88. The van der Waals surface area contributed by atoms with Gasteiger partial charge in [0.15, 0.2) is 0 Å². The molecular weight excluding hydrogens is 270 g/mol. The van der Waals surface area contributed by atoms with Crippen LogP contribution in [0.2, 0.25) is 0 Å². The van der Waals surface area contributed by atoms with Gasteiger partial charge in [0, 0.05) is 38.8 Å². The Hall–Kier alpha value is -2.37. The Kier molecular flexibility index (Phi) is 4.26. The highest BCUT2D eigenvalue weighted by Crippen LogP contribution is 2.24. The van der Waals surface area contributed by atoms with Gasteiger partial charge in [0.1, 0.15) is 0 Å². The summed E-state index contributed by atoms with van der Waals surface area (Å²) in [7, 11) is 4.91. The number of anilines is 1. The maximum atomic E-state index is 12.3. The van der Waals surface area contributed by atoms with Crippen LogP contribution in [-0.4, -0.2) is 55.2 Å². The van der Waals surface area contributed by atoms with Crippen LogP contribution in [0.15, 0.2) is 18.2 Å². The number of amides is 3. The molecule has 1 aromatic carbocycles. The Labute approximate surface area is 123 Å². The summed E-state index contributed by atoms with van der Waals surface area (Å²) in [6, 6.07) is 5.19. The van der Waals surface area contributed by atoms with Gasteiger partial charge in [-0.05, 0) is 30.2 Å². The van der Waals surface area contributed by atoms with Crippen LogP contribution >= 0.6 is 0 Å². The smallest absolute Gasteiger partial charge is 0.254 e. The minimum Gasteiger partial charge on any atom is -0.347 e. The molecule has 0 spiro atoms. The van der Waals surface area contributed by atoms with E-state index in [0.717, 1.165) is 11.3 Å². The van der Waals surface area contributed by atoms with E-state index in [9.17, 15) is 14.4 Å². The topological polar surface area (TPSA) is 69.7 Å². The molecule has 0 aromatic heterocycles. The van der Waals surface area contributed by atoms with Crippen LogP contribution in [0.3, 0.4) is 0 Å². The van der Waals surface area contributed by atoms with Gasteiger partial charge in [-0.15, -0.1) is 0 Å². The molecule has 0 radical (unpaired) electrons. The molecule has 1 aliphatic rings. The zero-order chi connectivity index (χ0) is 15.6. The first kappa shape index (κ1) is 15.0. The fourth-order valence-electron chi connectivity index (χ4n) is 2.15. The molecule has 0 unspecified atom stereocenters. The lowest BCUT2D eigenvalue weighted by Crippen LogP contribution is -2.37. The van der Waals surface area contributed by atoms with Crippen molar-refractivity contribution in [3.05, 3.63) is 29.3 Å².